The fourth-order valence-corrected chi connectivity index (χ4v) is 3.79. The number of nitrogens with zero attached hydrogens (tertiary/aromatic N) is 3. The average molecular weight is 402 g/mol. The van der Waals surface area contributed by atoms with Gasteiger partial charge in [0, 0.05) is 36.6 Å². The molecule has 3 heterocycles. The van der Waals surface area contributed by atoms with Gasteiger partial charge in [0.15, 0.2) is 0 Å². The third-order valence-corrected chi connectivity index (χ3v) is 5.53. The summed E-state index contributed by atoms with van der Waals surface area (Å²) in [6.45, 7) is 3.90. The quantitative estimate of drug-likeness (QED) is 0.643. The third kappa shape index (κ3) is 4.95. The molecule has 0 unspecified atom stereocenters. The Morgan fingerprint density at radius 2 is 1.77 bits per heavy atom. The smallest absolute Gasteiger partial charge is 0.241 e. The summed E-state index contributed by atoms with van der Waals surface area (Å²) in [4.78, 5) is 23.6. The maximum atomic E-state index is 12.6. The van der Waals surface area contributed by atoms with Gasteiger partial charge in [-0.2, -0.15) is 0 Å². The maximum Gasteiger partial charge on any atom is 0.241 e. The number of nitrogens with one attached hydrogen (secondary N) is 2. The van der Waals surface area contributed by atoms with Crippen LogP contribution < -0.4 is 10.6 Å². The molecule has 6 nitrogen and oxygen atoms in total. The highest BCUT2D eigenvalue weighted by Crippen LogP contribution is 2.28. The molecule has 0 saturated carbocycles. The first-order chi connectivity index (χ1) is 14.7. The molecule has 154 valence electrons. The van der Waals surface area contributed by atoms with Gasteiger partial charge in [-0.05, 0) is 55.7 Å². The molecule has 1 saturated heterocycles. The molecule has 2 N–H and O–H groups in total. The molecule has 1 fully saturated rings. The van der Waals surface area contributed by atoms with Gasteiger partial charge >= 0.3 is 0 Å². The van der Waals surface area contributed by atoms with Crippen LogP contribution in [0.4, 0.5) is 17.3 Å². The number of benzene rings is 1. The van der Waals surface area contributed by atoms with Crippen molar-refractivity contribution < 1.29 is 4.79 Å². The van der Waals surface area contributed by atoms with Gasteiger partial charge in [-0.25, -0.2) is 9.97 Å². The van der Waals surface area contributed by atoms with E-state index >= 15 is 0 Å². The minimum absolute atomic E-state index is 0.148. The fourth-order valence-electron chi connectivity index (χ4n) is 3.79. The Hall–Kier alpha value is -3.41. The molecule has 0 atom stereocenters. The van der Waals surface area contributed by atoms with Gasteiger partial charge < -0.3 is 15.5 Å². The zero-order valence-electron chi connectivity index (χ0n) is 17.2. The number of carbonyl (C=O) groups excluding carboxylic acids is 1. The van der Waals surface area contributed by atoms with Gasteiger partial charge in [0.2, 0.25) is 5.91 Å². The Kier molecular flexibility index (Phi) is 6.23. The summed E-state index contributed by atoms with van der Waals surface area (Å²) < 4.78 is 0. The summed E-state index contributed by atoms with van der Waals surface area (Å²) in [6, 6.07) is 19.8. The maximum absolute atomic E-state index is 12.6. The largest absolute Gasteiger partial charge is 0.376 e. The number of hydrogen-bond acceptors (Lipinski definition) is 5. The first kappa shape index (κ1) is 19.9. The van der Waals surface area contributed by atoms with E-state index in [1.165, 1.54) is 0 Å². The highest BCUT2D eigenvalue weighted by molar-refractivity contribution is 5.81. The zero-order chi connectivity index (χ0) is 20.8. The van der Waals surface area contributed by atoms with Crippen molar-refractivity contribution in [1.82, 2.24) is 14.9 Å². The van der Waals surface area contributed by atoms with Crippen molar-refractivity contribution >= 4 is 23.2 Å². The Labute approximate surface area is 177 Å². The molecule has 0 spiro atoms. The lowest BCUT2D eigenvalue weighted by Crippen LogP contribution is -2.41. The Morgan fingerprint density at radius 1 is 1.00 bits per heavy atom. The molecule has 1 aliphatic rings. The van der Waals surface area contributed by atoms with Gasteiger partial charge in [0.1, 0.15) is 11.6 Å². The number of rotatable bonds is 6. The van der Waals surface area contributed by atoms with Crippen molar-refractivity contribution in [2.75, 3.05) is 30.3 Å². The number of aryl methyl sites for hydroxylation is 1. The van der Waals surface area contributed by atoms with Crippen LogP contribution in [0.25, 0.3) is 0 Å². The lowest BCUT2D eigenvalue weighted by molar-refractivity contribution is -0.130. The number of likely N-dealkylation sites (tertiary alicyclic amines) is 1. The van der Waals surface area contributed by atoms with Crippen LogP contribution in [0, 0.1) is 6.92 Å². The van der Waals surface area contributed by atoms with Crippen LogP contribution in [0.3, 0.4) is 0 Å². The van der Waals surface area contributed by atoms with Gasteiger partial charge in [0.25, 0.3) is 0 Å². The Balaban J connectivity index is 1.30. The van der Waals surface area contributed by atoms with Crippen molar-refractivity contribution in [3.8, 4) is 0 Å². The lowest BCUT2D eigenvalue weighted by atomic mass is 9.93. The topological polar surface area (TPSA) is 70.2 Å². The molecule has 4 rings (SSSR count). The molecule has 1 aliphatic heterocycles. The van der Waals surface area contributed by atoms with Crippen LogP contribution in [-0.2, 0) is 4.79 Å². The van der Waals surface area contributed by atoms with E-state index in [1.807, 2.05) is 66.4 Å². The summed E-state index contributed by atoms with van der Waals surface area (Å²) in [7, 11) is 0. The summed E-state index contributed by atoms with van der Waals surface area (Å²) in [6.07, 6.45) is 3.61. The van der Waals surface area contributed by atoms with Crippen LogP contribution in [0.15, 0.2) is 66.9 Å². The molecule has 1 amide bonds. The fraction of sp³-hybridized carbons (Fsp3) is 0.292. The highest BCUT2D eigenvalue weighted by Gasteiger charge is 2.24. The lowest BCUT2D eigenvalue weighted by Gasteiger charge is -2.32. The first-order valence-electron chi connectivity index (χ1n) is 10.4. The van der Waals surface area contributed by atoms with Crippen LogP contribution >= 0.6 is 0 Å². The van der Waals surface area contributed by atoms with E-state index in [0.29, 0.717) is 12.5 Å². The number of piperidine rings is 1. The zero-order valence-corrected chi connectivity index (χ0v) is 17.2. The molecule has 0 aliphatic carbocycles. The number of carbonyl (C=O) groups is 1. The molecular weight excluding hydrogens is 374 g/mol. The van der Waals surface area contributed by atoms with Crippen molar-refractivity contribution in [2.45, 2.75) is 25.7 Å². The molecule has 0 radical (unpaired) electrons. The molecule has 30 heavy (non-hydrogen) atoms. The molecule has 1 aromatic carbocycles. The van der Waals surface area contributed by atoms with Crippen LogP contribution in [0.1, 0.15) is 30.0 Å². The van der Waals surface area contributed by atoms with E-state index in [9.17, 15) is 4.79 Å². The van der Waals surface area contributed by atoms with E-state index in [1.54, 1.807) is 6.20 Å². The summed E-state index contributed by atoms with van der Waals surface area (Å²) in [5.41, 5.74) is 3.23. The molecule has 3 aromatic rings. The van der Waals surface area contributed by atoms with Crippen LogP contribution in [-0.4, -0.2) is 40.4 Å². The number of amides is 1. The predicted molar refractivity (Wildman–Crippen MR) is 120 cm³/mol. The van der Waals surface area contributed by atoms with E-state index < -0.39 is 0 Å². The van der Waals surface area contributed by atoms with E-state index in [2.05, 4.69) is 21.7 Å². The number of anilines is 3. The van der Waals surface area contributed by atoms with Gasteiger partial charge in [-0.3, -0.25) is 4.79 Å². The summed E-state index contributed by atoms with van der Waals surface area (Å²) in [5, 5.41) is 6.52. The molecule has 2 aromatic heterocycles. The Bertz CT molecular complexity index is 984. The minimum Gasteiger partial charge on any atom is -0.376 e. The standard InChI is InChI=1S/C24H27N5O/c1-18-7-2-3-8-20(18)26-17-24(30)29-15-12-19(13-16-29)21-9-6-11-23(27-21)28-22-10-4-5-14-25-22/h2-11,14,19,26H,12-13,15-17H2,1H3,(H,25,27,28). The Morgan fingerprint density at radius 3 is 2.53 bits per heavy atom. The monoisotopic (exact) mass is 401 g/mol. The van der Waals surface area contributed by atoms with E-state index in [4.69, 9.17) is 4.98 Å². The second kappa shape index (κ2) is 9.39. The molecule has 6 heteroatoms. The first-order valence-corrected chi connectivity index (χ1v) is 10.4. The number of aromatic nitrogens is 2. The molecular formula is C24H27N5O. The van der Waals surface area contributed by atoms with Gasteiger partial charge in [-0.1, -0.05) is 30.3 Å². The number of para-hydroxylation sites is 1. The normalized spacial score (nSPS) is 14.4. The van der Waals surface area contributed by atoms with Crippen molar-refractivity contribution in [3.05, 3.63) is 78.1 Å². The number of hydrogen-bond donors (Lipinski definition) is 2. The average Bonchev–Trinajstić information content (AvgIpc) is 2.79. The second-order valence-corrected chi connectivity index (χ2v) is 7.61. The van der Waals surface area contributed by atoms with Crippen molar-refractivity contribution in [2.24, 2.45) is 0 Å². The summed E-state index contributed by atoms with van der Waals surface area (Å²) >= 11 is 0. The van der Waals surface area contributed by atoms with Crippen molar-refractivity contribution in [1.29, 1.82) is 0 Å². The minimum atomic E-state index is 0.148. The van der Waals surface area contributed by atoms with Crippen LogP contribution in [0.2, 0.25) is 0 Å². The number of pyridine rings is 2. The van der Waals surface area contributed by atoms with E-state index in [0.717, 1.165) is 54.5 Å². The SMILES string of the molecule is Cc1ccccc1NCC(=O)N1CCC(c2cccc(Nc3ccccn3)n2)CC1. The van der Waals surface area contributed by atoms with Crippen molar-refractivity contribution in [3.63, 3.8) is 0 Å². The third-order valence-electron chi connectivity index (χ3n) is 5.53. The van der Waals surface area contributed by atoms with Crippen LogP contribution in [0.5, 0.6) is 0 Å². The second-order valence-electron chi connectivity index (χ2n) is 7.61. The highest BCUT2D eigenvalue weighted by atomic mass is 16.2. The van der Waals surface area contributed by atoms with Gasteiger partial charge in [0.05, 0.1) is 6.54 Å². The van der Waals surface area contributed by atoms with Gasteiger partial charge in [-0.15, -0.1) is 0 Å². The van der Waals surface area contributed by atoms with E-state index in [-0.39, 0.29) is 5.91 Å². The summed E-state index contributed by atoms with van der Waals surface area (Å²) in [5.74, 6) is 2.09. The predicted octanol–water partition coefficient (Wildman–Crippen LogP) is 4.35. The molecule has 0 bridgehead atoms.